The molecule has 7 heteroatoms. The molecule has 1 fully saturated rings. The first kappa shape index (κ1) is 15.7. The van der Waals surface area contributed by atoms with Gasteiger partial charge in [-0.15, -0.1) is 0 Å². The maximum Gasteiger partial charge on any atom is 0.418 e. The highest BCUT2D eigenvalue weighted by Gasteiger charge is 2.56. The maximum absolute atomic E-state index is 13.0. The number of benzene rings is 1. The molecule has 1 aromatic carbocycles. The fraction of sp³-hybridized carbons (Fsp3) is 0.375. The van der Waals surface area contributed by atoms with Gasteiger partial charge >= 0.3 is 6.18 Å². The van der Waals surface area contributed by atoms with Crippen molar-refractivity contribution in [3.63, 3.8) is 0 Å². The van der Waals surface area contributed by atoms with Crippen LogP contribution in [0, 0.1) is 0 Å². The van der Waals surface area contributed by atoms with Gasteiger partial charge in [-0.2, -0.15) is 13.2 Å². The number of aliphatic hydroxyl groups is 1. The zero-order valence-electron chi connectivity index (χ0n) is 12.2. The smallest absolute Gasteiger partial charge is 0.379 e. The van der Waals surface area contributed by atoms with Crippen LogP contribution in [-0.4, -0.2) is 45.8 Å². The van der Waals surface area contributed by atoms with E-state index in [0.717, 1.165) is 10.3 Å². The highest BCUT2D eigenvalue weighted by molar-refractivity contribution is 5.95. The minimum Gasteiger partial charge on any atom is -0.379 e. The lowest BCUT2D eigenvalue weighted by atomic mass is 9.92. The standard InChI is InChI=1S/C16H15F3N2O2/c17-16(18,19)15(23)8-3-9-21(10-15)14(22)13-7-6-11-4-1-2-5-12(11)20-13/h1-2,4-7,23H,3,8-10H2. The number of halogens is 3. The van der Waals surface area contributed by atoms with Gasteiger partial charge in [0.25, 0.3) is 5.91 Å². The number of piperidine rings is 1. The Hall–Kier alpha value is -2.15. The van der Waals surface area contributed by atoms with Crippen molar-refractivity contribution in [1.29, 1.82) is 0 Å². The number of β-amino-alcohol motifs (C(OH)–C–C–N with tert-alkyl or cyclic N) is 1. The predicted octanol–water partition coefficient (Wildman–Crippen LogP) is 2.76. The van der Waals surface area contributed by atoms with E-state index in [1.54, 1.807) is 18.2 Å². The summed E-state index contributed by atoms with van der Waals surface area (Å²) in [4.78, 5) is 17.7. The van der Waals surface area contributed by atoms with E-state index in [0.29, 0.717) is 5.52 Å². The van der Waals surface area contributed by atoms with Crippen molar-refractivity contribution in [3.05, 3.63) is 42.1 Å². The predicted molar refractivity (Wildman–Crippen MR) is 77.9 cm³/mol. The summed E-state index contributed by atoms with van der Waals surface area (Å²) in [5.74, 6) is -0.599. The van der Waals surface area contributed by atoms with Crippen LogP contribution in [0.3, 0.4) is 0 Å². The Morgan fingerprint density at radius 3 is 2.70 bits per heavy atom. The molecule has 0 spiro atoms. The van der Waals surface area contributed by atoms with E-state index in [-0.39, 0.29) is 18.7 Å². The molecule has 0 aliphatic carbocycles. The highest BCUT2D eigenvalue weighted by Crippen LogP contribution is 2.37. The topological polar surface area (TPSA) is 53.4 Å². The van der Waals surface area contributed by atoms with Crippen molar-refractivity contribution in [2.45, 2.75) is 24.6 Å². The molecule has 1 aromatic heterocycles. The lowest BCUT2D eigenvalue weighted by molar-refractivity contribution is -0.271. The first-order chi connectivity index (χ1) is 10.8. The summed E-state index contributed by atoms with van der Waals surface area (Å²) in [6, 6.07) is 10.4. The van der Waals surface area contributed by atoms with Gasteiger partial charge in [-0.25, -0.2) is 4.98 Å². The third-order valence-corrected chi connectivity index (χ3v) is 4.10. The number of nitrogens with zero attached hydrogens (tertiary/aromatic N) is 2. The Bertz CT molecular complexity index is 747. The zero-order chi connectivity index (χ0) is 16.7. The van der Waals surface area contributed by atoms with E-state index in [1.165, 1.54) is 6.07 Å². The number of aromatic nitrogens is 1. The van der Waals surface area contributed by atoms with Gasteiger partial charge < -0.3 is 10.0 Å². The summed E-state index contributed by atoms with van der Waals surface area (Å²) in [5.41, 5.74) is -2.17. The molecule has 1 aliphatic rings. The fourth-order valence-electron chi connectivity index (χ4n) is 2.79. The van der Waals surface area contributed by atoms with Crippen molar-refractivity contribution < 1.29 is 23.1 Å². The Kier molecular flexibility index (Phi) is 3.75. The molecule has 1 aliphatic heterocycles. The van der Waals surface area contributed by atoms with E-state index < -0.39 is 30.7 Å². The van der Waals surface area contributed by atoms with Crippen molar-refractivity contribution in [2.24, 2.45) is 0 Å². The van der Waals surface area contributed by atoms with Crippen molar-refractivity contribution >= 4 is 16.8 Å². The normalized spacial score (nSPS) is 22.3. The monoisotopic (exact) mass is 324 g/mol. The summed E-state index contributed by atoms with van der Waals surface area (Å²) in [6.45, 7) is -0.588. The average molecular weight is 324 g/mol. The molecule has 0 bridgehead atoms. The fourth-order valence-corrected chi connectivity index (χ4v) is 2.79. The van der Waals surface area contributed by atoms with Gasteiger partial charge in [-0.05, 0) is 25.0 Å². The molecule has 4 nitrogen and oxygen atoms in total. The average Bonchev–Trinajstić information content (AvgIpc) is 2.53. The van der Waals surface area contributed by atoms with Gasteiger partial charge in [0.2, 0.25) is 0 Å². The van der Waals surface area contributed by atoms with Crippen LogP contribution in [0.5, 0.6) is 0 Å². The first-order valence-corrected chi connectivity index (χ1v) is 7.24. The number of hydrogen-bond donors (Lipinski definition) is 1. The zero-order valence-corrected chi connectivity index (χ0v) is 12.2. The van der Waals surface area contributed by atoms with Crippen molar-refractivity contribution in [1.82, 2.24) is 9.88 Å². The van der Waals surface area contributed by atoms with Crippen LogP contribution in [0.15, 0.2) is 36.4 Å². The van der Waals surface area contributed by atoms with Crippen LogP contribution >= 0.6 is 0 Å². The molecular weight excluding hydrogens is 309 g/mol. The number of likely N-dealkylation sites (tertiary alicyclic amines) is 1. The molecule has 1 amide bonds. The van der Waals surface area contributed by atoms with Gasteiger partial charge in [0.1, 0.15) is 5.69 Å². The Labute approximate surface area is 130 Å². The van der Waals surface area contributed by atoms with Gasteiger partial charge in [-0.1, -0.05) is 24.3 Å². The lowest BCUT2D eigenvalue weighted by Crippen LogP contribution is -2.58. The largest absolute Gasteiger partial charge is 0.418 e. The van der Waals surface area contributed by atoms with Crippen LogP contribution in [0.1, 0.15) is 23.3 Å². The molecule has 3 rings (SSSR count). The highest BCUT2D eigenvalue weighted by atomic mass is 19.4. The minimum atomic E-state index is -4.76. The number of carbonyl (C=O) groups is 1. The molecule has 1 atom stereocenters. The Morgan fingerprint density at radius 1 is 1.22 bits per heavy atom. The van der Waals surface area contributed by atoms with Crippen molar-refractivity contribution in [3.8, 4) is 0 Å². The Balaban J connectivity index is 1.86. The second-order valence-corrected chi connectivity index (χ2v) is 5.75. The number of rotatable bonds is 1. The summed E-state index contributed by atoms with van der Waals surface area (Å²) >= 11 is 0. The molecule has 122 valence electrons. The summed E-state index contributed by atoms with van der Waals surface area (Å²) < 4.78 is 38.9. The SMILES string of the molecule is O=C(c1ccc2ccccc2n1)N1CCCC(O)(C(F)(F)F)C1. The van der Waals surface area contributed by atoms with Crippen LogP contribution in [0.25, 0.3) is 10.9 Å². The van der Waals surface area contributed by atoms with Crippen LogP contribution in [-0.2, 0) is 0 Å². The summed E-state index contributed by atoms with van der Waals surface area (Å²) in [6.07, 6.45) is -5.07. The minimum absolute atomic E-state index is 0.0788. The number of para-hydroxylation sites is 1. The second kappa shape index (κ2) is 5.49. The molecule has 23 heavy (non-hydrogen) atoms. The third kappa shape index (κ3) is 2.88. The van der Waals surface area contributed by atoms with Crippen LogP contribution in [0.4, 0.5) is 13.2 Å². The summed E-state index contributed by atoms with van der Waals surface area (Å²) in [5, 5.41) is 10.6. The molecule has 2 aromatic rings. The Morgan fingerprint density at radius 2 is 1.96 bits per heavy atom. The molecule has 1 N–H and O–H groups in total. The molecule has 0 radical (unpaired) electrons. The third-order valence-electron chi connectivity index (χ3n) is 4.10. The molecular formula is C16H15F3N2O2. The van der Waals surface area contributed by atoms with E-state index in [4.69, 9.17) is 0 Å². The van der Waals surface area contributed by atoms with E-state index in [9.17, 15) is 23.1 Å². The van der Waals surface area contributed by atoms with Gasteiger partial charge in [-0.3, -0.25) is 4.79 Å². The van der Waals surface area contributed by atoms with E-state index in [2.05, 4.69) is 4.98 Å². The molecule has 0 saturated carbocycles. The van der Waals surface area contributed by atoms with Gasteiger partial charge in [0, 0.05) is 11.9 Å². The van der Waals surface area contributed by atoms with Gasteiger partial charge in [0.15, 0.2) is 5.60 Å². The summed E-state index contributed by atoms with van der Waals surface area (Å²) in [7, 11) is 0. The number of alkyl halides is 3. The maximum atomic E-state index is 13.0. The number of amides is 1. The molecule has 2 heterocycles. The van der Waals surface area contributed by atoms with Crippen LogP contribution < -0.4 is 0 Å². The second-order valence-electron chi connectivity index (χ2n) is 5.75. The number of fused-ring (bicyclic) bond motifs is 1. The number of carbonyl (C=O) groups excluding carboxylic acids is 1. The first-order valence-electron chi connectivity index (χ1n) is 7.24. The number of pyridine rings is 1. The van der Waals surface area contributed by atoms with Crippen LogP contribution in [0.2, 0.25) is 0 Å². The van der Waals surface area contributed by atoms with Gasteiger partial charge in [0.05, 0.1) is 12.1 Å². The molecule has 1 unspecified atom stereocenters. The van der Waals surface area contributed by atoms with Crippen molar-refractivity contribution in [2.75, 3.05) is 13.1 Å². The van der Waals surface area contributed by atoms with E-state index >= 15 is 0 Å². The lowest BCUT2D eigenvalue weighted by Gasteiger charge is -2.39. The quantitative estimate of drug-likeness (QED) is 0.877. The molecule has 1 saturated heterocycles. The van der Waals surface area contributed by atoms with E-state index in [1.807, 2.05) is 12.1 Å². The number of hydrogen-bond acceptors (Lipinski definition) is 3.